The third-order valence-electron chi connectivity index (χ3n) is 11.5. The largest absolute Gasteiger partial charge is 0.0838 e. The summed E-state index contributed by atoms with van der Waals surface area (Å²) in [7, 11) is 0. The molecule has 7 aromatic carbocycles. The molecule has 0 heteroatoms. The molecule has 0 fully saturated rings. The first-order chi connectivity index (χ1) is 28.8. The molecule has 0 nitrogen and oxygen atoms in total. The fourth-order valence-corrected chi connectivity index (χ4v) is 8.27. The van der Waals surface area contributed by atoms with Crippen molar-refractivity contribution in [3.63, 3.8) is 0 Å². The fourth-order valence-electron chi connectivity index (χ4n) is 8.27. The van der Waals surface area contributed by atoms with Gasteiger partial charge in [-0.15, -0.1) is 0 Å². The van der Waals surface area contributed by atoms with Gasteiger partial charge in [-0.25, -0.2) is 0 Å². The molecule has 0 aliphatic heterocycles. The Bertz CT molecular complexity index is 2270. The van der Waals surface area contributed by atoms with Crippen LogP contribution >= 0.6 is 0 Å². The number of allylic oxidation sites excluding steroid dienone is 4. The van der Waals surface area contributed by atoms with Gasteiger partial charge in [-0.3, -0.25) is 0 Å². The minimum Gasteiger partial charge on any atom is -0.0838 e. The van der Waals surface area contributed by atoms with E-state index in [1.54, 1.807) is 22.3 Å². The van der Waals surface area contributed by atoms with Crippen LogP contribution in [0.5, 0.6) is 0 Å². The highest BCUT2D eigenvalue weighted by Crippen LogP contribution is 2.22. The van der Waals surface area contributed by atoms with Crippen molar-refractivity contribution in [2.45, 2.75) is 91.9 Å². The van der Waals surface area contributed by atoms with E-state index in [2.05, 4.69) is 206 Å². The Labute approximate surface area is 363 Å². The van der Waals surface area contributed by atoms with Crippen molar-refractivity contribution in [3.05, 3.63) is 250 Å². The lowest BCUT2D eigenvalue weighted by atomic mass is 9.92. The molecular formula is C60H66. The van der Waals surface area contributed by atoms with E-state index in [-0.39, 0.29) is 14.9 Å². The first-order valence-corrected chi connectivity index (χ1v) is 21.6. The van der Waals surface area contributed by atoms with E-state index in [0.717, 1.165) is 19.3 Å². The zero-order chi connectivity index (χ0) is 39.5. The van der Waals surface area contributed by atoms with E-state index in [1.807, 2.05) is 0 Å². The maximum Gasteiger partial charge on any atom is -0.00882 e. The summed E-state index contributed by atoms with van der Waals surface area (Å²) in [5.74, 6) is 0. The van der Waals surface area contributed by atoms with Gasteiger partial charge in [-0.1, -0.05) is 221 Å². The first-order valence-electron chi connectivity index (χ1n) is 21.6. The number of rotatable bonds is 0. The summed E-state index contributed by atoms with van der Waals surface area (Å²) >= 11 is 0. The maximum absolute atomic E-state index is 2.26. The topological polar surface area (TPSA) is 0 Å². The monoisotopic (exact) mass is 787 g/mol. The number of benzene rings is 7. The minimum absolute atomic E-state index is 0. The molecule has 5 aliphatic rings. The van der Waals surface area contributed by atoms with Crippen molar-refractivity contribution in [1.82, 2.24) is 0 Å². The average Bonchev–Trinajstić information content (AvgIpc) is 4.01. The Morgan fingerprint density at radius 2 is 0.583 bits per heavy atom. The molecule has 0 amide bonds. The highest BCUT2D eigenvalue weighted by molar-refractivity contribution is 5.82. The van der Waals surface area contributed by atoms with Crippen LogP contribution in [0.1, 0.15) is 96.2 Å². The highest BCUT2D eigenvalue weighted by Gasteiger charge is 2.08. The lowest BCUT2D eigenvalue weighted by molar-refractivity contribution is 0.685. The summed E-state index contributed by atoms with van der Waals surface area (Å²) in [5, 5.41) is 2.62. The molecule has 12 rings (SSSR count). The van der Waals surface area contributed by atoms with Gasteiger partial charge in [-0.2, -0.15) is 0 Å². The molecule has 306 valence electrons. The van der Waals surface area contributed by atoms with Gasteiger partial charge < -0.3 is 0 Å². The molecule has 0 unspecified atom stereocenters. The molecule has 0 heterocycles. The summed E-state index contributed by atoms with van der Waals surface area (Å²) in [4.78, 5) is 0. The van der Waals surface area contributed by atoms with Gasteiger partial charge in [0.05, 0.1) is 0 Å². The second-order valence-corrected chi connectivity index (χ2v) is 15.5. The van der Waals surface area contributed by atoms with Crippen molar-refractivity contribution in [2.75, 3.05) is 0 Å². The molecule has 0 bridgehead atoms. The van der Waals surface area contributed by atoms with Gasteiger partial charge >= 0.3 is 0 Å². The van der Waals surface area contributed by atoms with Crippen molar-refractivity contribution < 1.29 is 0 Å². The van der Waals surface area contributed by atoms with E-state index < -0.39 is 0 Å². The Morgan fingerprint density at radius 1 is 0.250 bits per heavy atom. The molecule has 5 aliphatic carbocycles. The maximum atomic E-state index is 2.26. The Morgan fingerprint density at radius 3 is 1.03 bits per heavy atom. The van der Waals surface area contributed by atoms with Crippen LogP contribution in [0.4, 0.5) is 0 Å². The third-order valence-corrected chi connectivity index (χ3v) is 11.5. The van der Waals surface area contributed by atoms with E-state index >= 15 is 0 Å². The van der Waals surface area contributed by atoms with Crippen LogP contribution in [0, 0.1) is 0 Å². The Hall–Kier alpha value is -5.98. The van der Waals surface area contributed by atoms with E-state index in [1.165, 1.54) is 102 Å². The average molecular weight is 787 g/mol. The van der Waals surface area contributed by atoms with Crippen LogP contribution in [-0.4, -0.2) is 0 Å². The SMILES string of the molecule is C.C.C1=CCc2ccccc2C1.C1=Cc2ccccc2C1.C1=Cc2ccccc2CC1.c1ccc2c(c1)CCC2.c1ccc2c(c1)CCCC2.c1ccc2ccccc2c1. The summed E-state index contributed by atoms with van der Waals surface area (Å²) in [6, 6.07) is 60.0. The van der Waals surface area contributed by atoms with E-state index in [0.29, 0.717) is 0 Å². The van der Waals surface area contributed by atoms with Gasteiger partial charge in [0.2, 0.25) is 0 Å². The number of hydrogen-bond acceptors (Lipinski definition) is 0. The zero-order valence-electron chi connectivity index (χ0n) is 34.1. The second-order valence-electron chi connectivity index (χ2n) is 15.5. The van der Waals surface area contributed by atoms with Crippen LogP contribution < -0.4 is 0 Å². The quantitative estimate of drug-likeness (QED) is 0.134. The molecule has 0 aromatic heterocycles. The number of hydrogen-bond donors (Lipinski definition) is 0. The Balaban J connectivity index is 0.000000136. The smallest absolute Gasteiger partial charge is 0.00882 e. The van der Waals surface area contributed by atoms with Crippen molar-refractivity contribution in [1.29, 1.82) is 0 Å². The zero-order valence-corrected chi connectivity index (χ0v) is 34.1. The molecular weight excluding hydrogens is 721 g/mol. The Kier molecular flexibility index (Phi) is 18.7. The molecule has 0 saturated heterocycles. The van der Waals surface area contributed by atoms with Crippen molar-refractivity contribution in [2.24, 2.45) is 0 Å². The summed E-state index contributed by atoms with van der Waals surface area (Å²) in [5.41, 5.74) is 15.0. The van der Waals surface area contributed by atoms with E-state index in [4.69, 9.17) is 0 Å². The lowest BCUT2D eigenvalue weighted by Crippen LogP contribution is -2.00. The van der Waals surface area contributed by atoms with Gasteiger partial charge in [0.1, 0.15) is 0 Å². The minimum atomic E-state index is 0. The lowest BCUT2D eigenvalue weighted by Gasteiger charge is -2.13. The molecule has 0 N–H and O–H groups in total. The molecule has 0 spiro atoms. The standard InChI is InChI=1S/C10H12.2C10H10.C10H8.C9H10.C9H8.2CH4/c4*1-2-6-10-8-4-3-7-9(10)5-1;2*1-2-5-9-7-3-6-8(9)4-1;;/h1-2,5-6H,3-4,7-8H2;1-3,5-7H,4,8H2;1-6H,7-8H2;1-8H;1-2,4-5H,3,6-7H2;1-6H,7H2;2*1H4. The third kappa shape index (κ3) is 13.5. The van der Waals surface area contributed by atoms with Crippen LogP contribution in [-0.2, 0) is 51.4 Å². The first kappa shape index (κ1) is 45.1. The predicted octanol–water partition coefficient (Wildman–Crippen LogP) is 16.1. The fraction of sp³-hybridized carbons (Fsp3) is 0.233. The van der Waals surface area contributed by atoms with Gasteiger partial charge in [0.25, 0.3) is 0 Å². The van der Waals surface area contributed by atoms with Gasteiger partial charge in [0, 0.05) is 0 Å². The van der Waals surface area contributed by atoms with Crippen molar-refractivity contribution >= 4 is 22.9 Å². The summed E-state index contributed by atoms with van der Waals surface area (Å²) in [6.45, 7) is 0. The summed E-state index contributed by atoms with van der Waals surface area (Å²) in [6.07, 6.45) is 28.4. The number of fused-ring (bicyclic) bond motifs is 6. The van der Waals surface area contributed by atoms with Crippen LogP contribution in [0.25, 0.3) is 22.9 Å². The van der Waals surface area contributed by atoms with Gasteiger partial charge in [-0.05, 0) is 143 Å². The van der Waals surface area contributed by atoms with Crippen LogP contribution in [0.2, 0.25) is 0 Å². The number of aryl methyl sites for hydroxylation is 5. The summed E-state index contributed by atoms with van der Waals surface area (Å²) < 4.78 is 0. The molecule has 0 radical (unpaired) electrons. The molecule has 7 aromatic rings. The highest BCUT2D eigenvalue weighted by atomic mass is 14.1. The van der Waals surface area contributed by atoms with E-state index in [9.17, 15) is 0 Å². The predicted molar refractivity (Wildman–Crippen MR) is 265 cm³/mol. The molecule has 0 saturated carbocycles. The molecule has 0 atom stereocenters. The van der Waals surface area contributed by atoms with Crippen molar-refractivity contribution in [3.8, 4) is 0 Å². The second kappa shape index (κ2) is 24.8. The van der Waals surface area contributed by atoms with Crippen LogP contribution in [0.3, 0.4) is 0 Å². The molecule has 60 heavy (non-hydrogen) atoms. The van der Waals surface area contributed by atoms with Crippen LogP contribution in [0.15, 0.2) is 194 Å². The van der Waals surface area contributed by atoms with Gasteiger partial charge in [0.15, 0.2) is 0 Å². The normalized spacial score (nSPS) is 13.7.